The van der Waals surface area contributed by atoms with Crippen LogP contribution in [0.25, 0.3) is 0 Å². The Balaban J connectivity index is 2.28. The molecule has 0 fully saturated rings. The summed E-state index contributed by atoms with van der Waals surface area (Å²) in [5.41, 5.74) is 1.01. The van der Waals surface area contributed by atoms with Crippen molar-refractivity contribution in [1.82, 2.24) is 10.3 Å². The van der Waals surface area contributed by atoms with Crippen LogP contribution in [0.15, 0.2) is 18.3 Å². The summed E-state index contributed by atoms with van der Waals surface area (Å²) < 4.78 is 5.73. The largest absolute Gasteiger partial charge is 0.488 e. The fraction of sp³-hybridized carbons (Fsp3) is 0.615. The molecular weight excluding hydrogens is 200 g/mol. The zero-order valence-electron chi connectivity index (χ0n) is 10.7. The summed E-state index contributed by atoms with van der Waals surface area (Å²) in [5.74, 6) is 1.51. The van der Waals surface area contributed by atoms with E-state index in [2.05, 4.69) is 31.1 Å². The van der Waals surface area contributed by atoms with Crippen molar-refractivity contribution in [2.75, 3.05) is 13.1 Å². The predicted molar refractivity (Wildman–Crippen MR) is 66.8 cm³/mol. The monoisotopic (exact) mass is 222 g/mol. The van der Waals surface area contributed by atoms with E-state index in [1.165, 1.54) is 0 Å². The van der Waals surface area contributed by atoms with Crippen molar-refractivity contribution in [3.8, 4) is 5.75 Å². The maximum atomic E-state index is 5.73. The minimum atomic E-state index is 0.170. The van der Waals surface area contributed by atoms with Crippen LogP contribution < -0.4 is 10.1 Å². The van der Waals surface area contributed by atoms with E-state index in [4.69, 9.17) is 4.74 Å². The highest BCUT2D eigenvalue weighted by atomic mass is 16.5. The average molecular weight is 222 g/mol. The molecule has 3 heteroatoms. The van der Waals surface area contributed by atoms with Gasteiger partial charge in [0.2, 0.25) is 0 Å². The minimum absolute atomic E-state index is 0.170. The molecule has 1 N–H and O–H groups in total. The fourth-order valence-electron chi connectivity index (χ4n) is 1.37. The van der Waals surface area contributed by atoms with Crippen LogP contribution in [0.2, 0.25) is 0 Å². The molecule has 0 spiro atoms. The highest BCUT2D eigenvalue weighted by molar-refractivity contribution is 5.19. The Morgan fingerprint density at radius 2 is 2.00 bits per heavy atom. The smallest absolute Gasteiger partial charge is 0.138 e. The second-order valence-corrected chi connectivity index (χ2v) is 4.62. The molecule has 0 aliphatic carbocycles. The molecule has 0 amide bonds. The van der Waals surface area contributed by atoms with Gasteiger partial charge in [-0.25, -0.2) is 0 Å². The van der Waals surface area contributed by atoms with Crippen molar-refractivity contribution in [3.05, 3.63) is 24.0 Å². The maximum absolute atomic E-state index is 5.73. The third kappa shape index (κ3) is 5.12. The standard InChI is InChI=1S/C13H22N2O/c1-10(2)7-14-8-12(4)16-13-6-5-11(3)15-9-13/h5-6,9-10,12,14H,7-8H2,1-4H3. The normalized spacial score (nSPS) is 12.8. The van der Waals surface area contributed by atoms with Gasteiger partial charge in [-0.15, -0.1) is 0 Å². The van der Waals surface area contributed by atoms with Crippen molar-refractivity contribution >= 4 is 0 Å². The topological polar surface area (TPSA) is 34.1 Å². The predicted octanol–water partition coefficient (Wildman–Crippen LogP) is 2.40. The lowest BCUT2D eigenvalue weighted by molar-refractivity contribution is 0.215. The molecule has 3 nitrogen and oxygen atoms in total. The fourth-order valence-corrected chi connectivity index (χ4v) is 1.37. The van der Waals surface area contributed by atoms with Crippen LogP contribution in [-0.4, -0.2) is 24.2 Å². The number of pyridine rings is 1. The molecule has 90 valence electrons. The van der Waals surface area contributed by atoms with Crippen molar-refractivity contribution < 1.29 is 4.74 Å². The molecule has 0 bridgehead atoms. The summed E-state index contributed by atoms with van der Waals surface area (Å²) in [6.07, 6.45) is 1.94. The maximum Gasteiger partial charge on any atom is 0.138 e. The first-order valence-corrected chi connectivity index (χ1v) is 5.88. The van der Waals surface area contributed by atoms with Gasteiger partial charge in [0.15, 0.2) is 0 Å². The molecule has 0 aliphatic heterocycles. The van der Waals surface area contributed by atoms with E-state index in [-0.39, 0.29) is 6.10 Å². The third-order valence-corrected chi connectivity index (χ3v) is 2.21. The van der Waals surface area contributed by atoms with Gasteiger partial charge in [-0.1, -0.05) is 13.8 Å². The molecule has 0 saturated carbocycles. The van der Waals surface area contributed by atoms with E-state index in [9.17, 15) is 0 Å². The summed E-state index contributed by atoms with van der Waals surface area (Å²) >= 11 is 0. The van der Waals surface area contributed by atoms with Crippen molar-refractivity contribution in [1.29, 1.82) is 0 Å². The molecular formula is C13H22N2O. The summed E-state index contributed by atoms with van der Waals surface area (Å²) in [4.78, 5) is 4.20. The number of ether oxygens (including phenoxy) is 1. The highest BCUT2D eigenvalue weighted by Crippen LogP contribution is 2.10. The third-order valence-electron chi connectivity index (χ3n) is 2.21. The van der Waals surface area contributed by atoms with E-state index < -0.39 is 0 Å². The van der Waals surface area contributed by atoms with Gasteiger partial charge in [0.1, 0.15) is 11.9 Å². The molecule has 0 saturated heterocycles. The average Bonchev–Trinajstić information content (AvgIpc) is 2.21. The van der Waals surface area contributed by atoms with Gasteiger partial charge < -0.3 is 10.1 Å². The summed E-state index contributed by atoms with van der Waals surface area (Å²) in [6.45, 7) is 10.3. The van der Waals surface area contributed by atoms with Gasteiger partial charge in [0, 0.05) is 12.2 Å². The molecule has 0 aromatic carbocycles. The first-order chi connectivity index (χ1) is 7.58. The van der Waals surface area contributed by atoms with Gasteiger partial charge in [0.25, 0.3) is 0 Å². The Morgan fingerprint density at radius 3 is 2.56 bits per heavy atom. The molecule has 16 heavy (non-hydrogen) atoms. The van der Waals surface area contributed by atoms with Crippen molar-refractivity contribution in [2.24, 2.45) is 5.92 Å². The van der Waals surface area contributed by atoms with E-state index in [1.807, 2.05) is 19.1 Å². The SMILES string of the molecule is Cc1ccc(OC(C)CNCC(C)C)cn1. The van der Waals surface area contributed by atoms with Crippen LogP contribution in [0, 0.1) is 12.8 Å². The Kier molecular flexibility index (Phi) is 5.26. The van der Waals surface area contributed by atoms with E-state index >= 15 is 0 Å². The molecule has 1 rings (SSSR count). The molecule has 1 aromatic heterocycles. The molecule has 1 unspecified atom stereocenters. The lowest BCUT2D eigenvalue weighted by Gasteiger charge is -2.16. The van der Waals surface area contributed by atoms with E-state index in [0.717, 1.165) is 24.5 Å². The zero-order valence-corrected chi connectivity index (χ0v) is 10.7. The zero-order chi connectivity index (χ0) is 12.0. The summed E-state index contributed by atoms with van der Waals surface area (Å²) in [5, 5.41) is 3.37. The van der Waals surface area contributed by atoms with Gasteiger partial charge in [0.05, 0.1) is 6.20 Å². The summed E-state index contributed by atoms with van der Waals surface area (Å²) in [6, 6.07) is 3.92. The number of nitrogens with zero attached hydrogens (tertiary/aromatic N) is 1. The molecule has 0 aliphatic rings. The summed E-state index contributed by atoms with van der Waals surface area (Å²) in [7, 11) is 0. The van der Waals surface area contributed by atoms with E-state index in [0.29, 0.717) is 5.92 Å². The number of hydrogen-bond donors (Lipinski definition) is 1. The first kappa shape index (κ1) is 13.0. The molecule has 1 aromatic rings. The number of nitrogens with one attached hydrogen (secondary N) is 1. The second kappa shape index (κ2) is 6.48. The van der Waals surface area contributed by atoms with Crippen molar-refractivity contribution in [3.63, 3.8) is 0 Å². The van der Waals surface area contributed by atoms with Crippen LogP contribution in [-0.2, 0) is 0 Å². The Hall–Kier alpha value is -1.09. The van der Waals surface area contributed by atoms with Gasteiger partial charge >= 0.3 is 0 Å². The highest BCUT2D eigenvalue weighted by Gasteiger charge is 2.04. The lowest BCUT2D eigenvalue weighted by atomic mass is 10.2. The number of aryl methyl sites for hydroxylation is 1. The second-order valence-electron chi connectivity index (χ2n) is 4.62. The lowest BCUT2D eigenvalue weighted by Crippen LogP contribution is -2.31. The number of aromatic nitrogens is 1. The van der Waals surface area contributed by atoms with Gasteiger partial charge in [-0.05, 0) is 38.4 Å². The van der Waals surface area contributed by atoms with E-state index in [1.54, 1.807) is 6.20 Å². The molecule has 1 atom stereocenters. The van der Waals surface area contributed by atoms with Gasteiger partial charge in [-0.2, -0.15) is 0 Å². The number of rotatable bonds is 6. The first-order valence-electron chi connectivity index (χ1n) is 5.88. The van der Waals surface area contributed by atoms with Crippen LogP contribution in [0.5, 0.6) is 5.75 Å². The molecule has 1 heterocycles. The Bertz CT molecular complexity index is 295. The van der Waals surface area contributed by atoms with Crippen molar-refractivity contribution in [2.45, 2.75) is 33.8 Å². The Labute approximate surface area is 98.2 Å². The minimum Gasteiger partial charge on any atom is -0.488 e. The number of hydrogen-bond acceptors (Lipinski definition) is 3. The Morgan fingerprint density at radius 1 is 1.25 bits per heavy atom. The van der Waals surface area contributed by atoms with Gasteiger partial charge in [-0.3, -0.25) is 4.98 Å². The van der Waals surface area contributed by atoms with Crippen LogP contribution in [0.3, 0.4) is 0 Å². The van der Waals surface area contributed by atoms with Crippen LogP contribution >= 0.6 is 0 Å². The molecule has 0 radical (unpaired) electrons. The quantitative estimate of drug-likeness (QED) is 0.802. The van der Waals surface area contributed by atoms with Crippen LogP contribution in [0.4, 0.5) is 0 Å². The van der Waals surface area contributed by atoms with Crippen LogP contribution in [0.1, 0.15) is 26.5 Å².